The molecule has 1 N–H and O–H groups in total. The number of benzene rings is 2. The summed E-state index contributed by atoms with van der Waals surface area (Å²) < 4.78 is 11.9. The van der Waals surface area contributed by atoms with Gasteiger partial charge in [-0.05, 0) is 34.5 Å². The maximum Gasteiger partial charge on any atom is 0.238 e. The van der Waals surface area contributed by atoms with Crippen LogP contribution in [-0.2, 0) is 11.3 Å². The van der Waals surface area contributed by atoms with Crippen LogP contribution in [0.2, 0.25) is 0 Å². The third kappa shape index (κ3) is 4.75. The van der Waals surface area contributed by atoms with Gasteiger partial charge in [-0.15, -0.1) is 11.3 Å². The Morgan fingerprint density at radius 2 is 1.80 bits per heavy atom. The first-order valence-corrected chi connectivity index (χ1v) is 11.0. The van der Waals surface area contributed by atoms with E-state index in [2.05, 4.69) is 44.8 Å². The van der Waals surface area contributed by atoms with Crippen molar-refractivity contribution in [3.05, 3.63) is 53.4 Å². The summed E-state index contributed by atoms with van der Waals surface area (Å²) in [6.07, 6.45) is 0. The lowest BCUT2D eigenvalue weighted by Crippen LogP contribution is -2.48. The van der Waals surface area contributed by atoms with Crippen molar-refractivity contribution < 1.29 is 14.3 Å². The van der Waals surface area contributed by atoms with Gasteiger partial charge in [-0.3, -0.25) is 14.6 Å². The quantitative estimate of drug-likeness (QED) is 0.626. The van der Waals surface area contributed by atoms with E-state index in [1.54, 1.807) is 26.4 Å². The Morgan fingerprint density at radius 3 is 2.57 bits per heavy atom. The van der Waals surface area contributed by atoms with Gasteiger partial charge in [0.15, 0.2) is 0 Å². The zero-order valence-corrected chi connectivity index (χ0v) is 18.2. The van der Waals surface area contributed by atoms with E-state index in [1.165, 1.54) is 15.6 Å². The van der Waals surface area contributed by atoms with Gasteiger partial charge in [-0.1, -0.05) is 18.2 Å². The lowest BCUT2D eigenvalue weighted by molar-refractivity contribution is -0.117. The van der Waals surface area contributed by atoms with Crippen LogP contribution in [0.15, 0.2) is 47.8 Å². The van der Waals surface area contributed by atoms with Crippen molar-refractivity contribution >= 4 is 33.0 Å². The Balaban J connectivity index is 1.28. The molecule has 0 aliphatic carbocycles. The highest BCUT2D eigenvalue weighted by Gasteiger charge is 2.20. The van der Waals surface area contributed by atoms with Crippen molar-refractivity contribution in [2.24, 2.45) is 0 Å². The van der Waals surface area contributed by atoms with Gasteiger partial charge in [0.05, 0.1) is 26.5 Å². The first-order chi connectivity index (χ1) is 14.7. The van der Waals surface area contributed by atoms with E-state index in [0.29, 0.717) is 23.7 Å². The van der Waals surface area contributed by atoms with Crippen LogP contribution in [0.25, 0.3) is 10.1 Å². The zero-order valence-electron chi connectivity index (χ0n) is 17.4. The van der Waals surface area contributed by atoms with E-state index in [4.69, 9.17) is 9.47 Å². The highest BCUT2D eigenvalue weighted by molar-refractivity contribution is 7.17. The number of hydrogen-bond acceptors (Lipinski definition) is 6. The van der Waals surface area contributed by atoms with Crippen LogP contribution in [0.1, 0.15) is 5.56 Å². The second-order valence-electron chi connectivity index (χ2n) is 7.42. The van der Waals surface area contributed by atoms with Crippen LogP contribution in [0.3, 0.4) is 0 Å². The molecule has 0 saturated carbocycles. The Bertz CT molecular complexity index is 1010. The monoisotopic (exact) mass is 425 g/mol. The van der Waals surface area contributed by atoms with Crippen molar-refractivity contribution in [2.45, 2.75) is 6.54 Å². The normalized spacial score (nSPS) is 15.3. The molecule has 4 rings (SSSR count). The molecule has 1 aromatic heterocycles. The van der Waals surface area contributed by atoms with Crippen LogP contribution >= 0.6 is 11.3 Å². The van der Waals surface area contributed by atoms with E-state index < -0.39 is 0 Å². The maximum atomic E-state index is 12.5. The molecule has 0 spiro atoms. The molecule has 1 aliphatic rings. The zero-order chi connectivity index (χ0) is 20.9. The standard InChI is InChI=1S/C23H27N3O3S/c1-28-18-7-8-20(21(13-18)29-2)24-23(27)15-26-11-9-25(10-12-26)14-17-16-30-22-6-4-3-5-19(17)22/h3-8,13,16H,9-12,14-15H2,1-2H3,(H,24,27). The van der Waals surface area contributed by atoms with E-state index in [1.807, 2.05) is 17.4 Å². The second kappa shape index (κ2) is 9.47. The number of hydrogen-bond donors (Lipinski definition) is 1. The molecule has 2 heterocycles. The number of nitrogens with one attached hydrogen (secondary N) is 1. The summed E-state index contributed by atoms with van der Waals surface area (Å²) in [6.45, 7) is 5.04. The molecule has 158 valence electrons. The van der Waals surface area contributed by atoms with E-state index in [0.717, 1.165) is 32.7 Å². The number of carbonyl (C=O) groups excluding carboxylic acids is 1. The Labute approximate surface area is 181 Å². The molecule has 1 saturated heterocycles. The molecule has 2 aromatic carbocycles. The largest absolute Gasteiger partial charge is 0.497 e. The van der Waals surface area contributed by atoms with Crippen molar-refractivity contribution in [3.8, 4) is 11.5 Å². The summed E-state index contributed by atoms with van der Waals surface area (Å²) in [4.78, 5) is 17.2. The predicted octanol–water partition coefficient (Wildman–Crippen LogP) is 3.67. The highest BCUT2D eigenvalue weighted by atomic mass is 32.1. The number of nitrogens with zero attached hydrogens (tertiary/aromatic N) is 2. The van der Waals surface area contributed by atoms with Gasteiger partial charge in [-0.25, -0.2) is 0 Å². The number of rotatable bonds is 7. The minimum atomic E-state index is -0.0317. The first kappa shape index (κ1) is 20.7. The van der Waals surface area contributed by atoms with Crippen molar-refractivity contribution in [3.63, 3.8) is 0 Å². The third-order valence-electron chi connectivity index (χ3n) is 5.47. The molecule has 1 amide bonds. The summed E-state index contributed by atoms with van der Waals surface area (Å²) >= 11 is 1.81. The number of methoxy groups -OCH3 is 2. The fourth-order valence-electron chi connectivity index (χ4n) is 3.80. The molecule has 7 heteroatoms. The molecule has 6 nitrogen and oxygen atoms in total. The summed E-state index contributed by atoms with van der Waals surface area (Å²) in [6, 6.07) is 14.0. The molecular formula is C23H27N3O3S. The summed E-state index contributed by atoms with van der Waals surface area (Å²) in [5.74, 6) is 1.26. The van der Waals surface area contributed by atoms with Crippen LogP contribution in [0.5, 0.6) is 11.5 Å². The van der Waals surface area contributed by atoms with Gasteiger partial charge in [0.1, 0.15) is 11.5 Å². The van der Waals surface area contributed by atoms with E-state index >= 15 is 0 Å². The molecule has 0 atom stereocenters. The molecule has 0 radical (unpaired) electrons. The first-order valence-electron chi connectivity index (χ1n) is 10.1. The van der Waals surface area contributed by atoms with Crippen molar-refractivity contribution in [1.82, 2.24) is 9.80 Å². The van der Waals surface area contributed by atoms with Crippen molar-refractivity contribution in [1.29, 1.82) is 0 Å². The molecule has 3 aromatic rings. The van der Waals surface area contributed by atoms with Crippen molar-refractivity contribution in [2.75, 3.05) is 52.3 Å². The SMILES string of the molecule is COc1ccc(NC(=O)CN2CCN(Cc3csc4ccccc34)CC2)c(OC)c1. The third-order valence-corrected chi connectivity index (χ3v) is 6.48. The van der Waals surface area contributed by atoms with E-state index in [9.17, 15) is 4.79 Å². The van der Waals surface area contributed by atoms with E-state index in [-0.39, 0.29) is 5.91 Å². The van der Waals surface area contributed by atoms with Gasteiger partial charge in [0, 0.05) is 43.5 Å². The molecule has 0 unspecified atom stereocenters. The van der Waals surface area contributed by atoms with Crippen LogP contribution in [0, 0.1) is 0 Å². The number of thiophene rings is 1. The van der Waals surface area contributed by atoms with Gasteiger partial charge >= 0.3 is 0 Å². The number of amides is 1. The Hall–Kier alpha value is -2.61. The minimum Gasteiger partial charge on any atom is -0.497 e. The summed E-state index contributed by atoms with van der Waals surface area (Å²) in [7, 11) is 3.19. The predicted molar refractivity (Wildman–Crippen MR) is 122 cm³/mol. The van der Waals surface area contributed by atoms with Crippen LogP contribution < -0.4 is 14.8 Å². The fraction of sp³-hybridized carbons (Fsp3) is 0.348. The number of anilines is 1. The van der Waals surface area contributed by atoms with Crippen LogP contribution in [0.4, 0.5) is 5.69 Å². The van der Waals surface area contributed by atoms with Gasteiger partial charge in [0.25, 0.3) is 0 Å². The summed E-state index contributed by atoms with van der Waals surface area (Å²) in [5, 5.41) is 6.58. The summed E-state index contributed by atoms with van der Waals surface area (Å²) in [5.41, 5.74) is 2.06. The molecular weight excluding hydrogens is 398 g/mol. The minimum absolute atomic E-state index is 0.0317. The number of piperazine rings is 1. The average Bonchev–Trinajstić information content (AvgIpc) is 3.18. The lowest BCUT2D eigenvalue weighted by atomic mass is 10.1. The number of ether oxygens (including phenoxy) is 2. The second-order valence-corrected chi connectivity index (χ2v) is 8.34. The van der Waals surface area contributed by atoms with Gasteiger partial charge in [0.2, 0.25) is 5.91 Å². The lowest BCUT2D eigenvalue weighted by Gasteiger charge is -2.34. The topological polar surface area (TPSA) is 54.0 Å². The van der Waals surface area contributed by atoms with Crippen LogP contribution in [-0.4, -0.2) is 62.7 Å². The molecule has 0 bridgehead atoms. The molecule has 1 aliphatic heterocycles. The maximum absolute atomic E-state index is 12.5. The Kier molecular flexibility index (Phi) is 6.52. The van der Waals surface area contributed by atoms with Gasteiger partial charge < -0.3 is 14.8 Å². The average molecular weight is 426 g/mol. The smallest absolute Gasteiger partial charge is 0.238 e. The van der Waals surface area contributed by atoms with Gasteiger partial charge in [-0.2, -0.15) is 0 Å². The Morgan fingerprint density at radius 1 is 1.03 bits per heavy atom. The molecule has 30 heavy (non-hydrogen) atoms. The highest BCUT2D eigenvalue weighted by Crippen LogP contribution is 2.29. The number of fused-ring (bicyclic) bond motifs is 1. The number of carbonyl (C=O) groups is 1. The molecule has 1 fully saturated rings. The fourth-order valence-corrected chi connectivity index (χ4v) is 4.75.